The van der Waals surface area contributed by atoms with E-state index in [1.807, 2.05) is 25.2 Å². The molecule has 3 rings (SSSR count). The number of aryl methyl sites for hydroxylation is 1. The molecule has 8 heteroatoms. The minimum atomic E-state index is 0. The summed E-state index contributed by atoms with van der Waals surface area (Å²) >= 11 is 6.12. The average molecular weight is 545 g/mol. The van der Waals surface area contributed by atoms with Crippen LogP contribution in [0.15, 0.2) is 29.3 Å². The van der Waals surface area contributed by atoms with Crippen molar-refractivity contribution in [3.05, 3.63) is 46.5 Å². The Balaban J connectivity index is 0.00000320. The summed E-state index contributed by atoms with van der Waals surface area (Å²) in [6, 6.07) is 8.09. The smallest absolute Gasteiger partial charge is 0.191 e. The van der Waals surface area contributed by atoms with Gasteiger partial charge in [-0.1, -0.05) is 44.0 Å². The third-order valence-electron chi connectivity index (χ3n) is 5.36. The first-order chi connectivity index (χ1) is 14.0. The molecular formula is C22H34ClIN6. The van der Waals surface area contributed by atoms with Gasteiger partial charge in [-0.15, -0.1) is 34.2 Å². The topological polar surface area (TPSA) is 67.1 Å². The predicted octanol–water partition coefficient (Wildman–Crippen LogP) is 4.25. The lowest BCUT2D eigenvalue weighted by molar-refractivity contribution is 0.359. The van der Waals surface area contributed by atoms with Crippen LogP contribution in [0.4, 0.5) is 0 Å². The first kappa shape index (κ1) is 24.9. The normalized spacial score (nSPS) is 14.5. The molecule has 2 N–H and O–H groups in total. The highest BCUT2D eigenvalue weighted by Gasteiger charge is 2.19. The Labute approximate surface area is 202 Å². The van der Waals surface area contributed by atoms with E-state index in [9.17, 15) is 0 Å². The minimum absolute atomic E-state index is 0. The van der Waals surface area contributed by atoms with Crippen LogP contribution >= 0.6 is 35.6 Å². The van der Waals surface area contributed by atoms with Gasteiger partial charge < -0.3 is 15.2 Å². The molecule has 166 valence electrons. The fourth-order valence-corrected chi connectivity index (χ4v) is 4.04. The highest BCUT2D eigenvalue weighted by atomic mass is 127. The number of halogens is 2. The second kappa shape index (κ2) is 11.9. The van der Waals surface area contributed by atoms with Gasteiger partial charge in [0.05, 0.1) is 0 Å². The number of nitrogens with one attached hydrogen (secondary N) is 2. The Bertz CT molecular complexity index is 833. The number of rotatable bonds is 7. The maximum absolute atomic E-state index is 6.12. The van der Waals surface area contributed by atoms with Crippen molar-refractivity contribution in [2.75, 3.05) is 20.1 Å². The molecule has 2 heterocycles. The third-order valence-corrected chi connectivity index (χ3v) is 5.59. The summed E-state index contributed by atoms with van der Waals surface area (Å²) in [6.07, 6.45) is 6.56. The van der Waals surface area contributed by atoms with Crippen molar-refractivity contribution >= 4 is 41.5 Å². The van der Waals surface area contributed by atoms with E-state index in [0.29, 0.717) is 0 Å². The Kier molecular flexibility index (Phi) is 9.87. The summed E-state index contributed by atoms with van der Waals surface area (Å²) in [4.78, 5) is 4.36. The molecule has 0 bridgehead atoms. The van der Waals surface area contributed by atoms with Gasteiger partial charge >= 0.3 is 0 Å². The summed E-state index contributed by atoms with van der Waals surface area (Å²) < 4.78 is 2.30. The SMILES string of the molecule is CN=C(NCCc1nnc2n1CCCCC2)NCC(C)(C)Cc1cccc(Cl)c1.I. The highest BCUT2D eigenvalue weighted by molar-refractivity contribution is 14.0. The van der Waals surface area contributed by atoms with Crippen molar-refractivity contribution in [1.82, 2.24) is 25.4 Å². The van der Waals surface area contributed by atoms with Crippen molar-refractivity contribution in [3.63, 3.8) is 0 Å². The molecule has 2 aromatic rings. The van der Waals surface area contributed by atoms with Crippen molar-refractivity contribution in [1.29, 1.82) is 0 Å². The van der Waals surface area contributed by atoms with Crippen LogP contribution < -0.4 is 10.6 Å². The standard InChI is InChI=1S/C22H33ClN6.HI/c1-22(2,15-17-8-7-9-18(23)14-17)16-26-21(24-3)25-12-11-20-28-27-19-10-5-4-6-13-29(19)20;/h7-9,14H,4-6,10-13,15-16H2,1-3H3,(H2,24,25,26);1H. The van der Waals surface area contributed by atoms with E-state index >= 15 is 0 Å². The van der Waals surface area contributed by atoms with Crippen LogP contribution in [-0.2, 0) is 25.8 Å². The Hall–Kier alpha value is -1.35. The zero-order valence-electron chi connectivity index (χ0n) is 18.2. The van der Waals surface area contributed by atoms with Gasteiger partial charge in [-0.05, 0) is 42.4 Å². The number of fused-ring (bicyclic) bond motifs is 1. The summed E-state index contributed by atoms with van der Waals surface area (Å²) in [5, 5.41) is 16.4. The van der Waals surface area contributed by atoms with Crippen molar-refractivity contribution in [2.45, 2.75) is 58.9 Å². The van der Waals surface area contributed by atoms with Crippen LogP contribution in [0.2, 0.25) is 5.02 Å². The molecule has 1 aliphatic rings. The van der Waals surface area contributed by atoms with Gasteiger partial charge in [0.25, 0.3) is 0 Å². The lowest BCUT2D eigenvalue weighted by atomic mass is 9.86. The molecule has 0 atom stereocenters. The number of aliphatic imine (C=N–C) groups is 1. The van der Waals surface area contributed by atoms with Gasteiger partial charge in [0.1, 0.15) is 11.6 Å². The molecule has 6 nitrogen and oxygen atoms in total. The second-order valence-electron chi connectivity index (χ2n) is 8.57. The first-order valence-corrected chi connectivity index (χ1v) is 10.9. The molecule has 1 aliphatic heterocycles. The lowest BCUT2D eigenvalue weighted by Gasteiger charge is -2.26. The number of guanidine groups is 1. The minimum Gasteiger partial charge on any atom is -0.356 e. The fourth-order valence-electron chi connectivity index (χ4n) is 3.83. The number of nitrogens with zero attached hydrogens (tertiary/aromatic N) is 4. The van der Waals surface area contributed by atoms with E-state index in [1.54, 1.807) is 0 Å². The number of benzene rings is 1. The quantitative estimate of drug-likeness (QED) is 0.311. The molecule has 0 saturated carbocycles. The van der Waals surface area contributed by atoms with Crippen molar-refractivity contribution < 1.29 is 0 Å². The number of aromatic nitrogens is 3. The predicted molar refractivity (Wildman–Crippen MR) is 135 cm³/mol. The molecule has 0 radical (unpaired) electrons. The molecule has 0 spiro atoms. The summed E-state index contributed by atoms with van der Waals surface area (Å²) in [5.41, 5.74) is 1.33. The summed E-state index contributed by atoms with van der Waals surface area (Å²) in [6.45, 7) is 7.15. The zero-order valence-corrected chi connectivity index (χ0v) is 21.3. The Morgan fingerprint density at radius 3 is 2.80 bits per heavy atom. The molecule has 1 aromatic carbocycles. The molecule has 0 aliphatic carbocycles. The van der Waals surface area contributed by atoms with Crippen LogP contribution in [0.5, 0.6) is 0 Å². The third kappa shape index (κ3) is 7.41. The maximum Gasteiger partial charge on any atom is 0.191 e. The summed E-state index contributed by atoms with van der Waals surface area (Å²) in [5.74, 6) is 3.04. The second-order valence-corrected chi connectivity index (χ2v) is 9.00. The van der Waals surface area contributed by atoms with Crippen LogP contribution in [0.25, 0.3) is 0 Å². The average Bonchev–Trinajstić information content (AvgIpc) is 2.90. The molecule has 0 saturated heterocycles. The van der Waals surface area contributed by atoms with E-state index in [4.69, 9.17) is 11.6 Å². The highest BCUT2D eigenvalue weighted by Crippen LogP contribution is 2.22. The van der Waals surface area contributed by atoms with Crippen molar-refractivity contribution in [2.24, 2.45) is 10.4 Å². The Morgan fingerprint density at radius 2 is 2.03 bits per heavy atom. The van der Waals surface area contributed by atoms with E-state index in [2.05, 4.69) is 50.3 Å². The van der Waals surface area contributed by atoms with Gasteiger partial charge in [0.15, 0.2) is 5.96 Å². The lowest BCUT2D eigenvalue weighted by Crippen LogP contribution is -2.43. The zero-order chi connectivity index (χ0) is 20.7. The van der Waals surface area contributed by atoms with Crippen molar-refractivity contribution in [3.8, 4) is 0 Å². The Morgan fingerprint density at radius 1 is 1.20 bits per heavy atom. The van der Waals surface area contributed by atoms with E-state index in [1.165, 1.54) is 24.8 Å². The first-order valence-electron chi connectivity index (χ1n) is 10.6. The van der Waals surface area contributed by atoms with Gasteiger partial charge in [0.2, 0.25) is 0 Å². The van der Waals surface area contributed by atoms with Gasteiger partial charge in [-0.3, -0.25) is 4.99 Å². The van der Waals surface area contributed by atoms with Crippen LogP contribution in [0.3, 0.4) is 0 Å². The number of hydrogen-bond donors (Lipinski definition) is 2. The van der Waals surface area contributed by atoms with E-state index in [0.717, 1.165) is 61.5 Å². The van der Waals surface area contributed by atoms with Gasteiger partial charge in [-0.25, -0.2) is 0 Å². The van der Waals surface area contributed by atoms with Gasteiger partial charge in [0, 0.05) is 44.5 Å². The molecule has 0 amide bonds. The van der Waals surface area contributed by atoms with Crippen LogP contribution in [0, 0.1) is 5.41 Å². The fraction of sp³-hybridized carbons (Fsp3) is 0.591. The maximum atomic E-state index is 6.12. The van der Waals surface area contributed by atoms with E-state index < -0.39 is 0 Å². The molecular weight excluding hydrogens is 511 g/mol. The molecule has 0 fully saturated rings. The summed E-state index contributed by atoms with van der Waals surface area (Å²) in [7, 11) is 1.81. The molecule has 1 aromatic heterocycles. The van der Waals surface area contributed by atoms with Crippen LogP contribution in [-0.4, -0.2) is 40.9 Å². The monoisotopic (exact) mass is 544 g/mol. The number of hydrogen-bond acceptors (Lipinski definition) is 3. The molecule has 0 unspecified atom stereocenters. The van der Waals surface area contributed by atoms with E-state index in [-0.39, 0.29) is 29.4 Å². The molecule has 30 heavy (non-hydrogen) atoms. The largest absolute Gasteiger partial charge is 0.356 e. The van der Waals surface area contributed by atoms with Crippen LogP contribution in [0.1, 0.15) is 50.3 Å². The van der Waals surface area contributed by atoms with Gasteiger partial charge in [-0.2, -0.15) is 0 Å².